The van der Waals surface area contributed by atoms with E-state index in [9.17, 15) is 5.26 Å². The second-order valence-corrected chi connectivity index (χ2v) is 10.4. The summed E-state index contributed by atoms with van der Waals surface area (Å²) in [7, 11) is 0. The van der Waals surface area contributed by atoms with Crippen molar-refractivity contribution in [1.29, 1.82) is 5.26 Å². The van der Waals surface area contributed by atoms with Gasteiger partial charge in [-0.1, -0.05) is 46.0 Å². The first kappa shape index (κ1) is 19.5. The molecular formula is C20H35NS2. The Kier molecular flexibility index (Phi) is 8.69. The van der Waals surface area contributed by atoms with Crippen LogP contribution in [0.15, 0.2) is 0 Å². The second-order valence-electron chi connectivity index (χ2n) is 7.73. The minimum Gasteiger partial charge on any atom is -0.198 e. The van der Waals surface area contributed by atoms with Gasteiger partial charge < -0.3 is 0 Å². The normalized spacial score (nSPS) is 34.9. The molecule has 1 aliphatic heterocycles. The molecule has 0 aromatic carbocycles. The zero-order valence-electron chi connectivity index (χ0n) is 15.2. The molecule has 1 saturated heterocycles. The van der Waals surface area contributed by atoms with Gasteiger partial charge in [-0.3, -0.25) is 0 Å². The Balaban J connectivity index is 1.73. The van der Waals surface area contributed by atoms with Crippen LogP contribution in [0.2, 0.25) is 0 Å². The van der Waals surface area contributed by atoms with E-state index in [2.05, 4.69) is 43.4 Å². The van der Waals surface area contributed by atoms with Crippen molar-refractivity contribution in [2.45, 2.75) is 89.1 Å². The molecule has 0 spiro atoms. The van der Waals surface area contributed by atoms with Crippen LogP contribution in [-0.2, 0) is 0 Å². The molecule has 0 radical (unpaired) electrons. The lowest BCUT2D eigenvalue weighted by Crippen LogP contribution is -2.31. The molecule has 1 heterocycles. The van der Waals surface area contributed by atoms with Crippen molar-refractivity contribution in [1.82, 2.24) is 0 Å². The molecule has 0 bridgehead atoms. The molecule has 132 valence electrons. The van der Waals surface area contributed by atoms with E-state index < -0.39 is 0 Å². The molecule has 0 aromatic heterocycles. The lowest BCUT2D eigenvalue weighted by molar-refractivity contribution is 0.200. The van der Waals surface area contributed by atoms with E-state index in [1.54, 1.807) is 0 Å². The smallest absolute Gasteiger partial charge is 0.0689 e. The number of hydrogen-bond acceptors (Lipinski definition) is 3. The van der Waals surface area contributed by atoms with Crippen LogP contribution in [0, 0.1) is 28.6 Å². The van der Waals surface area contributed by atoms with Gasteiger partial charge in [-0.15, -0.1) is 23.5 Å². The van der Waals surface area contributed by atoms with Gasteiger partial charge in [0.1, 0.15) is 0 Å². The molecule has 0 amide bonds. The summed E-state index contributed by atoms with van der Waals surface area (Å²) < 4.78 is 0.820. The minimum absolute atomic E-state index is 0.0271. The topological polar surface area (TPSA) is 23.8 Å². The number of unbranched alkanes of at least 4 members (excludes halogenated alkanes) is 3. The first-order valence-electron chi connectivity index (χ1n) is 9.87. The molecule has 0 unspecified atom stereocenters. The van der Waals surface area contributed by atoms with Gasteiger partial charge in [0.25, 0.3) is 0 Å². The van der Waals surface area contributed by atoms with Gasteiger partial charge >= 0.3 is 0 Å². The third-order valence-electron chi connectivity index (χ3n) is 5.83. The summed E-state index contributed by atoms with van der Waals surface area (Å²) in [5, 5.41) is 9.69. The zero-order valence-corrected chi connectivity index (χ0v) is 16.8. The molecule has 2 fully saturated rings. The first-order chi connectivity index (χ1) is 11.2. The van der Waals surface area contributed by atoms with Crippen molar-refractivity contribution >= 4 is 23.5 Å². The van der Waals surface area contributed by atoms with Crippen molar-refractivity contribution < 1.29 is 0 Å². The van der Waals surface area contributed by atoms with Gasteiger partial charge in [-0.25, -0.2) is 0 Å². The monoisotopic (exact) mass is 353 g/mol. The Morgan fingerprint density at radius 2 is 1.65 bits per heavy atom. The van der Waals surface area contributed by atoms with Crippen LogP contribution in [0.1, 0.15) is 84.5 Å². The Morgan fingerprint density at radius 3 is 2.22 bits per heavy atom. The standard InChI is InChI=1S/C20H35NS2/c1-3-5-7-11-20(16-21)12-9-18(10-13-20)19-22-14-17(15-23-19)8-6-4-2/h17-19H,3-15H2,1-2H3. The lowest BCUT2D eigenvalue weighted by Gasteiger charge is -2.40. The predicted molar refractivity (Wildman–Crippen MR) is 106 cm³/mol. The van der Waals surface area contributed by atoms with Crippen LogP contribution in [0.4, 0.5) is 0 Å². The maximum absolute atomic E-state index is 9.69. The van der Waals surface area contributed by atoms with Crippen molar-refractivity contribution in [3.05, 3.63) is 0 Å². The number of rotatable bonds is 8. The highest BCUT2D eigenvalue weighted by Crippen LogP contribution is 2.49. The Bertz CT molecular complexity index is 360. The van der Waals surface area contributed by atoms with E-state index in [1.807, 2.05) is 0 Å². The molecular weight excluding hydrogens is 318 g/mol. The molecule has 0 atom stereocenters. The Hall–Kier alpha value is 0.190. The van der Waals surface area contributed by atoms with Gasteiger partial charge in [0.2, 0.25) is 0 Å². The number of hydrogen-bond donors (Lipinski definition) is 0. The summed E-state index contributed by atoms with van der Waals surface area (Å²) in [6, 6.07) is 2.72. The highest BCUT2D eigenvalue weighted by atomic mass is 32.2. The zero-order chi connectivity index (χ0) is 16.5. The quantitative estimate of drug-likeness (QED) is 0.444. The highest BCUT2D eigenvalue weighted by Gasteiger charge is 2.38. The summed E-state index contributed by atoms with van der Waals surface area (Å²) in [6.07, 6.45) is 14.0. The number of nitriles is 1. The Morgan fingerprint density at radius 1 is 1.00 bits per heavy atom. The number of nitrogens with zero attached hydrogens (tertiary/aromatic N) is 1. The van der Waals surface area contributed by atoms with Gasteiger partial charge in [-0.05, 0) is 61.9 Å². The van der Waals surface area contributed by atoms with Gasteiger partial charge in [0.05, 0.1) is 16.1 Å². The summed E-state index contributed by atoms with van der Waals surface area (Å²) in [5.74, 6) is 4.59. The maximum atomic E-state index is 9.69. The van der Waals surface area contributed by atoms with Crippen LogP contribution < -0.4 is 0 Å². The highest BCUT2D eigenvalue weighted by molar-refractivity contribution is 8.17. The van der Waals surface area contributed by atoms with Crippen molar-refractivity contribution in [2.75, 3.05) is 11.5 Å². The fourth-order valence-electron chi connectivity index (χ4n) is 4.09. The lowest BCUT2D eigenvalue weighted by atomic mass is 9.69. The largest absolute Gasteiger partial charge is 0.198 e. The molecule has 2 rings (SSSR count). The second kappa shape index (κ2) is 10.2. The van der Waals surface area contributed by atoms with Crippen molar-refractivity contribution in [3.63, 3.8) is 0 Å². The van der Waals surface area contributed by atoms with Gasteiger partial charge in [0, 0.05) is 0 Å². The van der Waals surface area contributed by atoms with E-state index in [-0.39, 0.29) is 5.41 Å². The van der Waals surface area contributed by atoms with Gasteiger partial charge in [0.15, 0.2) is 0 Å². The van der Waals surface area contributed by atoms with Crippen LogP contribution >= 0.6 is 23.5 Å². The van der Waals surface area contributed by atoms with Crippen molar-refractivity contribution in [3.8, 4) is 6.07 Å². The van der Waals surface area contributed by atoms with Gasteiger partial charge in [-0.2, -0.15) is 5.26 Å². The van der Waals surface area contributed by atoms with E-state index in [4.69, 9.17) is 0 Å². The van der Waals surface area contributed by atoms with Crippen molar-refractivity contribution in [2.24, 2.45) is 17.3 Å². The minimum atomic E-state index is 0.0271. The SMILES string of the molecule is CCCCCC1(C#N)CCC(C2SCC(CCCC)CS2)CC1. The van der Waals surface area contributed by atoms with E-state index in [1.165, 1.54) is 62.9 Å². The summed E-state index contributed by atoms with van der Waals surface area (Å²) in [4.78, 5) is 0. The third-order valence-corrected chi connectivity index (χ3v) is 9.40. The fraction of sp³-hybridized carbons (Fsp3) is 0.950. The average Bonchev–Trinajstić information content (AvgIpc) is 2.61. The average molecular weight is 354 g/mol. The molecule has 1 saturated carbocycles. The molecule has 23 heavy (non-hydrogen) atoms. The summed E-state index contributed by atoms with van der Waals surface area (Å²) in [6.45, 7) is 4.55. The summed E-state index contributed by atoms with van der Waals surface area (Å²) in [5.41, 5.74) is 0.0271. The molecule has 0 N–H and O–H groups in total. The summed E-state index contributed by atoms with van der Waals surface area (Å²) >= 11 is 4.48. The third kappa shape index (κ3) is 5.89. The molecule has 0 aromatic rings. The predicted octanol–water partition coefficient (Wildman–Crippen LogP) is 6.88. The molecule has 2 aliphatic rings. The van der Waals surface area contributed by atoms with Crippen LogP contribution in [0.5, 0.6) is 0 Å². The fourth-order valence-corrected chi connectivity index (χ4v) is 7.67. The van der Waals surface area contributed by atoms with E-state index >= 15 is 0 Å². The number of thioether (sulfide) groups is 2. The Labute approximate surface area is 152 Å². The van der Waals surface area contributed by atoms with Crippen LogP contribution in [0.25, 0.3) is 0 Å². The van der Waals surface area contributed by atoms with E-state index in [0.717, 1.165) is 35.7 Å². The molecule has 1 aliphatic carbocycles. The molecule has 3 heteroatoms. The first-order valence-corrected chi connectivity index (χ1v) is 12.0. The van der Waals surface area contributed by atoms with E-state index in [0.29, 0.717) is 0 Å². The maximum Gasteiger partial charge on any atom is 0.0689 e. The van der Waals surface area contributed by atoms with Crippen LogP contribution in [-0.4, -0.2) is 16.1 Å². The molecule has 1 nitrogen and oxygen atoms in total. The van der Waals surface area contributed by atoms with Crippen LogP contribution in [0.3, 0.4) is 0 Å².